The van der Waals surface area contributed by atoms with Crippen LogP contribution < -0.4 is 10.6 Å². The van der Waals surface area contributed by atoms with Gasteiger partial charge in [-0.1, -0.05) is 249 Å². The molecule has 568 valence electrons. The van der Waals surface area contributed by atoms with E-state index in [0.29, 0.717) is 23.9 Å². The first-order valence-corrected chi connectivity index (χ1v) is 41.6. The van der Waals surface area contributed by atoms with Gasteiger partial charge in [0.15, 0.2) is 0 Å². The molecular formula is C109H77N11. The Labute approximate surface area is 687 Å². The molecule has 0 amide bonds. The summed E-state index contributed by atoms with van der Waals surface area (Å²) in [5.74, 6) is 0.879. The number of H-pyrrole nitrogens is 9. The van der Waals surface area contributed by atoms with Crippen molar-refractivity contribution in [3.8, 4) is 11.1 Å². The number of hydrogen-bond acceptors (Lipinski definition) is 2. The fraction of sp³-hybridized carbons (Fsp3) is 0.0459. The second-order valence-corrected chi connectivity index (χ2v) is 32.5. The van der Waals surface area contributed by atoms with E-state index in [2.05, 4.69) is 420 Å². The Kier molecular flexibility index (Phi) is 15.2. The number of nitrogens with one attached hydrogen (secondary N) is 11. The third-order valence-corrected chi connectivity index (χ3v) is 25.9. The maximum atomic E-state index is 3.70. The highest BCUT2D eigenvalue weighted by molar-refractivity contribution is 6.28. The van der Waals surface area contributed by atoms with Crippen molar-refractivity contribution in [2.75, 3.05) is 10.6 Å². The average Bonchev–Trinajstić information content (AvgIpc) is 1.56. The monoisotopic (exact) mass is 1540 g/mol. The van der Waals surface area contributed by atoms with Gasteiger partial charge in [0.25, 0.3) is 0 Å². The molecule has 11 heterocycles. The molecule has 120 heavy (non-hydrogen) atoms. The van der Waals surface area contributed by atoms with Crippen molar-refractivity contribution in [2.45, 2.75) is 30.3 Å². The molecule has 0 saturated heterocycles. The molecule has 0 saturated carbocycles. The first-order chi connectivity index (χ1) is 59.5. The first kappa shape index (κ1) is 67.6. The predicted octanol–water partition coefficient (Wildman–Crippen LogP) is 28.6. The second-order valence-electron chi connectivity index (χ2n) is 32.5. The van der Waals surface area contributed by atoms with Crippen molar-refractivity contribution < 1.29 is 0 Å². The number of hydrogen-bond donors (Lipinski definition) is 11. The van der Waals surface area contributed by atoms with E-state index < -0.39 is 0 Å². The molecule has 30 rings (SSSR count). The minimum atomic E-state index is 0.333. The van der Waals surface area contributed by atoms with Crippen molar-refractivity contribution >= 4 is 198 Å². The lowest BCUT2D eigenvalue weighted by Crippen LogP contribution is -2.14. The number of aromatic nitrogens is 9. The lowest BCUT2D eigenvalue weighted by Gasteiger charge is -2.22. The van der Waals surface area contributed by atoms with Crippen LogP contribution in [0, 0.1) is 0 Å². The smallest absolute Gasteiger partial charge is 0.0773 e. The van der Waals surface area contributed by atoms with Crippen LogP contribution >= 0.6 is 0 Å². The number of anilines is 2. The zero-order chi connectivity index (χ0) is 78.6. The van der Waals surface area contributed by atoms with Crippen LogP contribution in [0.2, 0.25) is 0 Å². The van der Waals surface area contributed by atoms with E-state index in [0.717, 1.165) is 6.42 Å². The standard InChI is InChI=1S/C19H13N.C18H12N2.C18H14N2.C18H12N2.C18H14N2.C18H12N2/c1-2-6-14-12(5-1)9-13-10-17-15-7-3-4-8-18(15)20-19(17)11-16(13)14;1-3-7-15-11(5-1)13-9-14-12-6-2-4-8-16(12)20-18(14)10-17(13)19-15;2*1-3-7-14-11(5-1)12-9-10-16-17(18(12)20-14)13-6-2-4-8-15(13)19-16;1-3-7-15-11(5-1)13-9-10-14-12-6-2-4-8-16(12)20-18(14)17(13)19-15;1-3-7-13-11(5-1)17-15(19-13)9-10-16-18(17)12-6-2-4-8-14(12)20-16/h1-8,10-11,20H,9H2;1-10,19-20H;1-10,12,18-20H;1-10,19-20H;1-10,13,17,19-20H;1-10,19-20H. The fourth-order valence-corrected chi connectivity index (χ4v) is 20.5. The molecule has 25 aromatic rings. The van der Waals surface area contributed by atoms with Crippen LogP contribution in [0.25, 0.3) is 198 Å². The van der Waals surface area contributed by atoms with Gasteiger partial charge in [-0.3, -0.25) is 0 Å². The van der Waals surface area contributed by atoms with Crippen LogP contribution in [-0.2, 0) is 6.42 Å². The van der Waals surface area contributed by atoms with Crippen molar-refractivity contribution in [3.05, 3.63) is 397 Å². The Morgan fingerprint density at radius 3 is 1.19 bits per heavy atom. The third-order valence-electron chi connectivity index (χ3n) is 25.9. The largest absolute Gasteiger partial charge is 0.377 e. The number of benzene rings is 16. The molecular weight excluding hydrogens is 1460 g/mol. The van der Waals surface area contributed by atoms with Gasteiger partial charge >= 0.3 is 0 Å². The van der Waals surface area contributed by atoms with E-state index in [-0.39, 0.29) is 0 Å². The Balaban J connectivity index is 0.0000000798. The van der Waals surface area contributed by atoms with Crippen molar-refractivity contribution in [1.29, 1.82) is 0 Å². The fourth-order valence-electron chi connectivity index (χ4n) is 20.5. The minimum absolute atomic E-state index is 0.333. The third kappa shape index (κ3) is 10.8. The van der Waals surface area contributed by atoms with Crippen molar-refractivity contribution in [2.24, 2.45) is 0 Å². The lowest BCUT2D eigenvalue weighted by molar-refractivity contribution is 0.709. The Morgan fingerprint density at radius 2 is 0.617 bits per heavy atom. The summed E-state index contributed by atoms with van der Waals surface area (Å²) in [7, 11) is 0. The minimum Gasteiger partial charge on any atom is -0.377 e. The molecule has 0 spiro atoms. The van der Waals surface area contributed by atoms with Gasteiger partial charge in [0.1, 0.15) is 0 Å². The van der Waals surface area contributed by atoms with Gasteiger partial charge in [-0.05, 0) is 155 Å². The highest BCUT2D eigenvalue weighted by atomic mass is 15.0. The maximum Gasteiger partial charge on any atom is 0.0773 e. The quantitative estimate of drug-likeness (QED) is 0.0729. The summed E-state index contributed by atoms with van der Waals surface area (Å²) in [6.07, 6.45) is 10.2. The Hall–Kier alpha value is -15.7. The summed E-state index contributed by atoms with van der Waals surface area (Å²) in [5, 5.41) is 28.2. The van der Waals surface area contributed by atoms with Gasteiger partial charge < -0.3 is 55.5 Å². The van der Waals surface area contributed by atoms with E-state index in [1.165, 1.54) is 242 Å². The summed E-state index contributed by atoms with van der Waals surface area (Å²) in [6.45, 7) is 0. The maximum absolute atomic E-state index is 3.70. The average molecular weight is 1540 g/mol. The molecule has 3 aliphatic carbocycles. The molecule has 11 heteroatoms. The number of para-hydroxylation sites is 11. The highest BCUT2D eigenvalue weighted by Crippen LogP contribution is 2.52. The number of aromatic amines is 9. The molecule has 16 aromatic carbocycles. The number of fused-ring (bicyclic) bond motifs is 40. The van der Waals surface area contributed by atoms with E-state index in [1.54, 1.807) is 0 Å². The molecule has 11 N–H and O–H groups in total. The molecule has 0 bridgehead atoms. The van der Waals surface area contributed by atoms with Crippen LogP contribution in [0.4, 0.5) is 11.4 Å². The molecule has 0 fully saturated rings. The van der Waals surface area contributed by atoms with Gasteiger partial charge in [0.05, 0.1) is 17.6 Å². The van der Waals surface area contributed by atoms with E-state index >= 15 is 0 Å². The summed E-state index contributed by atoms with van der Waals surface area (Å²) in [5.41, 5.74) is 35.6. The van der Waals surface area contributed by atoms with Crippen molar-refractivity contribution in [3.63, 3.8) is 0 Å². The van der Waals surface area contributed by atoms with Gasteiger partial charge in [-0.15, -0.1) is 0 Å². The van der Waals surface area contributed by atoms with Crippen LogP contribution in [-0.4, -0.2) is 44.9 Å². The van der Waals surface area contributed by atoms with E-state index in [4.69, 9.17) is 0 Å². The second kappa shape index (κ2) is 26.9. The van der Waals surface area contributed by atoms with Gasteiger partial charge in [0.2, 0.25) is 0 Å². The Morgan fingerprint density at radius 1 is 0.225 bits per heavy atom. The molecule has 4 atom stereocenters. The van der Waals surface area contributed by atoms with Crippen LogP contribution in [0.1, 0.15) is 68.7 Å². The van der Waals surface area contributed by atoms with Gasteiger partial charge in [0, 0.05) is 215 Å². The molecule has 2 aliphatic heterocycles. The lowest BCUT2D eigenvalue weighted by atomic mass is 9.85. The molecule has 5 aliphatic rings. The molecule has 11 nitrogen and oxygen atoms in total. The van der Waals surface area contributed by atoms with Gasteiger partial charge in [-0.25, -0.2) is 0 Å². The zero-order valence-corrected chi connectivity index (χ0v) is 65.2. The number of rotatable bonds is 0. The van der Waals surface area contributed by atoms with Crippen LogP contribution in [0.15, 0.2) is 352 Å². The normalized spacial score (nSPS) is 15.5. The van der Waals surface area contributed by atoms with Crippen molar-refractivity contribution in [1.82, 2.24) is 44.9 Å². The zero-order valence-electron chi connectivity index (χ0n) is 65.2. The highest BCUT2D eigenvalue weighted by Gasteiger charge is 2.38. The summed E-state index contributed by atoms with van der Waals surface area (Å²) in [4.78, 5) is 31.8. The SMILES string of the molecule is C1=CC2c3ccccc3NC2c2[nH]c3ccccc3c21.C1=CC2c3ccccc3NC2c2c1[nH]c1ccccc21.c1ccc2c(c1)Cc1cc3c(cc1-2)[nH]c1ccccc13.c1ccc2c(c1)[nH]c1c2ccc2[nH]c3ccccc3c21.c1ccc2c(c1)[nH]c1cc3[nH]c4ccccc4c3cc12.c1ccc2c(c1)[nH]c1ccc3[nH]c4ccccc4c3c12. The predicted molar refractivity (Wildman–Crippen MR) is 505 cm³/mol. The van der Waals surface area contributed by atoms with Crippen LogP contribution in [0.3, 0.4) is 0 Å². The summed E-state index contributed by atoms with van der Waals surface area (Å²) >= 11 is 0. The van der Waals surface area contributed by atoms with Crippen LogP contribution in [0.5, 0.6) is 0 Å². The molecule has 9 aromatic heterocycles. The summed E-state index contributed by atoms with van der Waals surface area (Å²) < 4.78 is 0. The van der Waals surface area contributed by atoms with E-state index in [9.17, 15) is 0 Å². The van der Waals surface area contributed by atoms with Gasteiger partial charge in [-0.2, -0.15) is 0 Å². The molecule has 0 radical (unpaired) electrons. The van der Waals surface area contributed by atoms with E-state index in [1.807, 2.05) is 0 Å². The molecule has 4 unspecified atom stereocenters. The summed E-state index contributed by atoms with van der Waals surface area (Å²) in [6, 6.07) is 121. The Bertz CT molecular complexity index is 8340. The first-order valence-electron chi connectivity index (χ1n) is 41.6. The topological polar surface area (TPSA) is 166 Å².